The number of benzene rings is 1. The molecule has 0 fully saturated rings. The van der Waals surface area contributed by atoms with Crippen molar-refractivity contribution in [2.75, 3.05) is 0 Å². The first kappa shape index (κ1) is 11.4. The largest absolute Gasteiger partial charge is 0.505 e. The van der Waals surface area contributed by atoms with E-state index in [2.05, 4.69) is 31.9 Å². The minimum absolute atomic E-state index is 0.0915. The smallest absolute Gasteiger partial charge is 0.152 e. The summed E-state index contributed by atoms with van der Waals surface area (Å²) in [6.45, 7) is 0. The van der Waals surface area contributed by atoms with Crippen LogP contribution in [-0.2, 0) is 0 Å². The van der Waals surface area contributed by atoms with Crippen molar-refractivity contribution in [3.63, 3.8) is 0 Å². The molecule has 0 atom stereocenters. The highest BCUT2D eigenvalue weighted by atomic mass is 79.9. The molecule has 0 spiro atoms. The van der Waals surface area contributed by atoms with Crippen molar-refractivity contribution in [1.29, 1.82) is 0 Å². The Morgan fingerprint density at radius 1 is 1.23 bits per heavy atom. The maximum Gasteiger partial charge on any atom is 0.152 e. The van der Waals surface area contributed by atoms with Gasteiger partial charge < -0.3 is 5.11 Å². The second-order valence-corrected chi connectivity index (χ2v) is 5.85. The molecule has 0 radical (unpaired) electrons. The first-order valence-corrected chi connectivity index (χ1v) is 5.55. The van der Waals surface area contributed by atoms with Gasteiger partial charge in [-0.2, -0.15) is 0 Å². The Balaban J connectivity index is 3.21. The van der Waals surface area contributed by atoms with Crippen LogP contribution in [0.5, 0.6) is 5.75 Å². The molecule has 1 N–H and O–H groups in total. The lowest BCUT2D eigenvalue weighted by Crippen LogP contribution is -1.76. The van der Waals surface area contributed by atoms with Crippen LogP contribution in [-0.4, -0.2) is 5.11 Å². The summed E-state index contributed by atoms with van der Waals surface area (Å²) in [4.78, 5) is 0. The topological polar surface area (TPSA) is 20.2 Å². The van der Waals surface area contributed by atoms with Gasteiger partial charge in [0.15, 0.2) is 5.75 Å². The maximum atomic E-state index is 9.26. The molecule has 0 aliphatic rings. The molecule has 0 amide bonds. The van der Waals surface area contributed by atoms with E-state index in [1.54, 1.807) is 18.2 Å². The first-order valence-electron chi connectivity index (χ1n) is 3.21. The third kappa shape index (κ3) is 3.17. The van der Waals surface area contributed by atoms with Gasteiger partial charge in [-0.1, -0.05) is 23.2 Å². The molecule has 1 aromatic carbocycles. The van der Waals surface area contributed by atoms with E-state index in [-0.39, 0.29) is 15.8 Å². The molecular formula is C8H4Br2Cl2O. The summed E-state index contributed by atoms with van der Waals surface area (Å²) < 4.78 is 0.776. The zero-order valence-corrected chi connectivity index (χ0v) is 10.9. The quantitative estimate of drug-likeness (QED) is 0.775. The van der Waals surface area contributed by atoms with Gasteiger partial charge in [0.05, 0.1) is 13.4 Å². The lowest BCUT2D eigenvalue weighted by molar-refractivity contribution is 0.476. The lowest BCUT2D eigenvalue weighted by Gasteiger charge is -2.01. The van der Waals surface area contributed by atoms with Gasteiger partial charge in [-0.15, -0.1) is 0 Å². The average molecular weight is 347 g/mol. The summed E-state index contributed by atoms with van der Waals surface area (Å²) in [5.74, 6) is -0.0915. The average Bonchev–Trinajstić information content (AvgIpc) is 1.98. The Bertz CT molecular complexity index is 336. The number of halogens is 4. The molecule has 1 rings (SSSR count). The summed E-state index contributed by atoms with van der Waals surface area (Å²) in [7, 11) is 0. The van der Waals surface area contributed by atoms with Crippen molar-refractivity contribution < 1.29 is 5.11 Å². The van der Waals surface area contributed by atoms with E-state index >= 15 is 0 Å². The summed E-state index contributed by atoms with van der Waals surface area (Å²) in [5.41, 5.74) is 0.802. The minimum atomic E-state index is -0.0915. The van der Waals surface area contributed by atoms with Gasteiger partial charge in [-0.25, -0.2) is 0 Å². The molecule has 0 aliphatic carbocycles. The van der Waals surface area contributed by atoms with Crippen LogP contribution in [0.25, 0.3) is 6.08 Å². The van der Waals surface area contributed by atoms with E-state index in [4.69, 9.17) is 23.2 Å². The fraction of sp³-hybridized carbons (Fsp3) is 0. The van der Waals surface area contributed by atoms with Crippen LogP contribution in [0.15, 0.2) is 15.5 Å². The second kappa shape index (κ2) is 4.69. The van der Waals surface area contributed by atoms with Crippen molar-refractivity contribution in [2.45, 2.75) is 0 Å². The SMILES string of the molecule is Oc1c(Cl)cc(C=C(Br)Br)cc1Cl. The summed E-state index contributed by atoms with van der Waals surface area (Å²) in [5, 5.41) is 9.73. The van der Waals surface area contributed by atoms with Crippen LogP contribution < -0.4 is 0 Å². The van der Waals surface area contributed by atoms with Crippen LogP contribution in [0.2, 0.25) is 10.0 Å². The van der Waals surface area contributed by atoms with E-state index in [9.17, 15) is 5.11 Å². The van der Waals surface area contributed by atoms with E-state index in [1.807, 2.05) is 0 Å². The molecule has 5 heteroatoms. The van der Waals surface area contributed by atoms with Crippen molar-refractivity contribution in [2.24, 2.45) is 0 Å². The Labute approximate surface area is 103 Å². The van der Waals surface area contributed by atoms with Crippen LogP contribution in [0.4, 0.5) is 0 Å². The van der Waals surface area contributed by atoms with E-state index < -0.39 is 0 Å². The predicted octanol–water partition coefficient (Wildman–Crippen LogP) is 4.79. The lowest BCUT2D eigenvalue weighted by atomic mass is 10.2. The predicted molar refractivity (Wildman–Crippen MR) is 64.0 cm³/mol. The van der Waals surface area contributed by atoms with Gasteiger partial charge in [0.2, 0.25) is 0 Å². The fourth-order valence-electron chi connectivity index (χ4n) is 0.794. The number of aromatic hydroxyl groups is 1. The highest BCUT2D eigenvalue weighted by molar-refractivity contribution is 9.28. The molecule has 70 valence electrons. The molecule has 0 aliphatic heterocycles. The third-order valence-corrected chi connectivity index (χ3v) is 2.35. The molecule has 0 aromatic heterocycles. The Kier molecular flexibility index (Phi) is 4.10. The van der Waals surface area contributed by atoms with Crippen LogP contribution >= 0.6 is 55.1 Å². The third-order valence-electron chi connectivity index (χ3n) is 1.31. The van der Waals surface area contributed by atoms with Gasteiger partial charge in [0.1, 0.15) is 0 Å². The zero-order chi connectivity index (χ0) is 10.0. The van der Waals surface area contributed by atoms with Crippen molar-refractivity contribution in [1.82, 2.24) is 0 Å². The number of phenolic OH excluding ortho intramolecular Hbond substituents is 1. The van der Waals surface area contributed by atoms with Gasteiger partial charge in [-0.05, 0) is 55.6 Å². The van der Waals surface area contributed by atoms with Gasteiger partial charge >= 0.3 is 0 Å². The molecule has 1 nitrogen and oxygen atoms in total. The normalized spacial score (nSPS) is 9.85. The monoisotopic (exact) mass is 344 g/mol. The van der Waals surface area contributed by atoms with Crippen LogP contribution in [0.3, 0.4) is 0 Å². The number of rotatable bonds is 1. The highest BCUT2D eigenvalue weighted by Gasteiger charge is 2.05. The summed E-state index contributed by atoms with van der Waals surface area (Å²) in [6, 6.07) is 3.23. The molecule has 1 aromatic rings. The Morgan fingerprint density at radius 2 is 1.69 bits per heavy atom. The van der Waals surface area contributed by atoms with Gasteiger partial charge in [0.25, 0.3) is 0 Å². The van der Waals surface area contributed by atoms with Crippen LogP contribution in [0, 0.1) is 0 Å². The van der Waals surface area contributed by atoms with Crippen LogP contribution in [0.1, 0.15) is 5.56 Å². The number of hydrogen-bond acceptors (Lipinski definition) is 1. The molecular weight excluding hydrogens is 343 g/mol. The molecule has 13 heavy (non-hydrogen) atoms. The van der Waals surface area contributed by atoms with Crippen molar-refractivity contribution in [3.8, 4) is 5.75 Å². The molecule has 0 unspecified atom stereocenters. The van der Waals surface area contributed by atoms with E-state index in [0.717, 1.165) is 8.96 Å². The fourth-order valence-corrected chi connectivity index (χ4v) is 1.83. The zero-order valence-electron chi connectivity index (χ0n) is 6.19. The number of hydrogen-bond donors (Lipinski definition) is 1. The number of phenols is 1. The van der Waals surface area contributed by atoms with Crippen molar-refractivity contribution in [3.05, 3.63) is 31.1 Å². The molecule has 0 saturated heterocycles. The standard InChI is InChI=1S/C8H4Br2Cl2O/c9-7(10)3-4-1-5(11)8(13)6(12)2-4/h1-3,13H. The molecule has 0 bridgehead atoms. The minimum Gasteiger partial charge on any atom is -0.505 e. The first-order chi connectivity index (χ1) is 6.00. The van der Waals surface area contributed by atoms with E-state index in [0.29, 0.717) is 0 Å². The summed E-state index contributed by atoms with van der Waals surface area (Å²) in [6.07, 6.45) is 1.78. The van der Waals surface area contributed by atoms with Gasteiger partial charge in [0, 0.05) is 0 Å². The summed E-state index contributed by atoms with van der Waals surface area (Å²) >= 11 is 17.8. The molecule has 0 heterocycles. The van der Waals surface area contributed by atoms with Gasteiger partial charge in [-0.3, -0.25) is 0 Å². The Morgan fingerprint density at radius 3 is 2.08 bits per heavy atom. The second-order valence-electron chi connectivity index (χ2n) is 2.27. The Hall–Kier alpha value is 0.300. The van der Waals surface area contributed by atoms with Crippen molar-refractivity contribution >= 4 is 61.1 Å². The molecule has 0 saturated carbocycles. The highest BCUT2D eigenvalue weighted by Crippen LogP contribution is 2.33. The maximum absolute atomic E-state index is 9.26. The van der Waals surface area contributed by atoms with E-state index in [1.165, 1.54) is 0 Å².